The van der Waals surface area contributed by atoms with Crippen LogP contribution in [-0.2, 0) is 9.53 Å². The highest BCUT2D eigenvalue weighted by Crippen LogP contribution is 2.23. The number of rotatable bonds is 3. The first-order valence-corrected chi connectivity index (χ1v) is 7.20. The summed E-state index contributed by atoms with van der Waals surface area (Å²) in [6.07, 6.45) is 0. The molecule has 0 saturated heterocycles. The first kappa shape index (κ1) is 14.5. The van der Waals surface area contributed by atoms with Gasteiger partial charge in [0.25, 0.3) is 0 Å². The molecule has 1 aromatic rings. The van der Waals surface area contributed by atoms with Crippen molar-refractivity contribution in [2.24, 2.45) is 4.99 Å². The number of aryl methyl sites for hydroxylation is 1. The highest BCUT2D eigenvalue weighted by molar-refractivity contribution is 8.16. The summed E-state index contributed by atoms with van der Waals surface area (Å²) in [5.74, 6) is -0.377. The van der Waals surface area contributed by atoms with Crippen LogP contribution in [0.2, 0.25) is 0 Å². The monoisotopic (exact) mass is 291 g/mol. The van der Waals surface area contributed by atoms with Crippen LogP contribution in [0.4, 0.5) is 5.69 Å². The van der Waals surface area contributed by atoms with Crippen molar-refractivity contribution in [2.45, 2.75) is 20.8 Å². The van der Waals surface area contributed by atoms with Gasteiger partial charge in [0.2, 0.25) is 0 Å². The summed E-state index contributed by atoms with van der Waals surface area (Å²) >= 11 is 1.35. The lowest BCUT2D eigenvalue weighted by molar-refractivity contribution is -0.139. The normalized spacial score (nSPS) is 16.1. The molecule has 2 N–H and O–H groups in total. The molecule has 0 bridgehead atoms. The van der Waals surface area contributed by atoms with Crippen LogP contribution in [0.3, 0.4) is 0 Å². The van der Waals surface area contributed by atoms with Crippen LogP contribution in [-0.4, -0.2) is 17.7 Å². The van der Waals surface area contributed by atoms with E-state index >= 15 is 0 Å². The summed E-state index contributed by atoms with van der Waals surface area (Å²) in [7, 11) is 0. The van der Waals surface area contributed by atoms with E-state index < -0.39 is 0 Å². The average molecular weight is 291 g/mol. The number of nitrogens with zero attached hydrogens (tertiary/aromatic N) is 1. The number of carbonyl (C=O) groups is 1. The smallest absolute Gasteiger partial charge is 0.356 e. The number of benzene rings is 1. The molecule has 0 aromatic heterocycles. The maximum atomic E-state index is 11.5. The number of esters is 1. The fourth-order valence-electron chi connectivity index (χ4n) is 1.62. The van der Waals surface area contributed by atoms with E-state index in [0.29, 0.717) is 17.5 Å². The van der Waals surface area contributed by atoms with E-state index in [4.69, 9.17) is 4.74 Å². The van der Waals surface area contributed by atoms with E-state index in [9.17, 15) is 4.79 Å². The quantitative estimate of drug-likeness (QED) is 0.838. The van der Waals surface area contributed by atoms with Crippen molar-refractivity contribution in [3.63, 3.8) is 0 Å². The van der Waals surface area contributed by atoms with Crippen molar-refractivity contribution in [1.82, 2.24) is 10.9 Å². The molecule has 1 aliphatic heterocycles. The highest BCUT2D eigenvalue weighted by Gasteiger charge is 2.16. The van der Waals surface area contributed by atoms with Gasteiger partial charge in [-0.05, 0) is 38.0 Å². The molecule has 0 aliphatic carbocycles. The Morgan fingerprint density at radius 2 is 2.15 bits per heavy atom. The van der Waals surface area contributed by atoms with Gasteiger partial charge in [0.1, 0.15) is 5.70 Å². The van der Waals surface area contributed by atoms with Gasteiger partial charge < -0.3 is 4.74 Å². The van der Waals surface area contributed by atoms with Gasteiger partial charge in [-0.25, -0.2) is 9.79 Å². The first-order valence-electron chi connectivity index (χ1n) is 6.32. The third-order valence-electron chi connectivity index (χ3n) is 2.89. The zero-order valence-electron chi connectivity index (χ0n) is 11.7. The Morgan fingerprint density at radius 1 is 1.35 bits per heavy atom. The molecule has 0 amide bonds. The van der Waals surface area contributed by atoms with E-state index in [0.717, 1.165) is 11.3 Å². The SMILES string of the molecule is CCOC(=O)C1=CSC(=Nc2cccc(C)c2C)NN1. The van der Waals surface area contributed by atoms with Gasteiger partial charge in [-0.2, -0.15) is 0 Å². The molecule has 0 unspecified atom stereocenters. The molecule has 5 nitrogen and oxygen atoms in total. The van der Waals surface area contributed by atoms with Gasteiger partial charge in [0.15, 0.2) is 5.17 Å². The van der Waals surface area contributed by atoms with E-state index in [1.54, 1.807) is 12.3 Å². The van der Waals surface area contributed by atoms with Gasteiger partial charge in [-0.1, -0.05) is 23.9 Å². The molecule has 1 aliphatic rings. The van der Waals surface area contributed by atoms with Gasteiger partial charge in [0.05, 0.1) is 12.3 Å². The molecular weight excluding hydrogens is 274 g/mol. The molecule has 1 aromatic carbocycles. The molecule has 6 heteroatoms. The Hall–Kier alpha value is -1.95. The summed E-state index contributed by atoms with van der Waals surface area (Å²) in [6.45, 7) is 6.22. The third kappa shape index (κ3) is 3.33. The maximum absolute atomic E-state index is 11.5. The number of hydrogen-bond acceptors (Lipinski definition) is 5. The number of aliphatic imine (C=N–C) groups is 1. The lowest BCUT2D eigenvalue weighted by atomic mass is 10.1. The highest BCUT2D eigenvalue weighted by atomic mass is 32.2. The Bertz CT molecular complexity index is 582. The number of hydrazine groups is 1. The summed E-state index contributed by atoms with van der Waals surface area (Å²) in [5.41, 5.74) is 9.33. The molecule has 0 spiro atoms. The van der Waals surface area contributed by atoms with Crippen molar-refractivity contribution in [1.29, 1.82) is 0 Å². The van der Waals surface area contributed by atoms with Crippen LogP contribution >= 0.6 is 11.8 Å². The lowest BCUT2D eigenvalue weighted by Crippen LogP contribution is -2.40. The lowest BCUT2D eigenvalue weighted by Gasteiger charge is -2.17. The Labute approximate surface area is 122 Å². The third-order valence-corrected chi connectivity index (χ3v) is 3.66. The number of nitrogens with one attached hydrogen (secondary N) is 2. The number of amidine groups is 1. The Morgan fingerprint density at radius 3 is 2.80 bits per heavy atom. The number of carbonyl (C=O) groups excluding carboxylic acids is 1. The molecule has 2 rings (SSSR count). The van der Waals surface area contributed by atoms with E-state index in [1.807, 2.05) is 19.1 Å². The van der Waals surface area contributed by atoms with Crippen molar-refractivity contribution in [2.75, 3.05) is 6.61 Å². The standard InChI is InChI=1S/C14H17N3O2S/c1-4-19-13(18)12-8-20-14(17-16-12)15-11-7-5-6-9(2)10(11)3/h5-8,16H,4H2,1-3H3,(H,15,17). The molecule has 0 fully saturated rings. The largest absolute Gasteiger partial charge is 0.461 e. The Kier molecular flexibility index (Phi) is 4.68. The molecule has 106 valence electrons. The fraction of sp³-hybridized carbons (Fsp3) is 0.286. The summed E-state index contributed by atoms with van der Waals surface area (Å²) in [5, 5.41) is 2.38. The molecular formula is C14H17N3O2S. The minimum atomic E-state index is -0.377. The molecule has 1 heterocycles. The fourth-order valence-corrected chi connectivity index (χ4v) is 2.27. The predicted octanol–water partition coefficient (Wildman–Crippen LogP) is 2.54. The second kappa shape index (κ2) is 6.47. The zero-order chi connectivity index (χ0) is 14.5. The van der Waals surface area contributed by atoms with Crippen LogP contribution in [0.1, 0.15) is 18.1 Å². The summed E-state index contributed by atoms with van der Waals surface area (Å²) < 4.78 is 4.91. The first-order chi connectivity index (χ1) is 9.61. The Balaban J connectivity index is 2.12. The summed E-state index contributed by atoms with van der Waals surface area (Å²) in [6, 6.07) is 5.99. The average Bonchev–Trinajstić information content (AvgIpc) is 2.45. The molecule has 0 atom stereocenters. The van der Waals surface area contributed by atoms with Gasteiger partial charge in [0, 0.05) is 5.41 Å². The van der Waals surface area contributed by atoms with Crippen molar-refractivity contribution >= 4 is 28.6 Å². The van der Waals surface area contributed by atoms with Crippen molar-refractivity contribution in [3.8, 4) is 0 Å². The summed E-state index contributed by atoms with van der Waals surface area (Å²) in [4.78, 5) is 16.0. The van der Waals surface area contributed by atoms with Crippen LogP contribution in [0.5, 0.6) is 0 Å². The zero-order valence-corrected chi connectivity index (χ0v) is 12.5. The minimum Gasteiger partial charge on any atom is -0.461 e. The van der Waals surface area contributed by atoms with Gasteiger partial charge in [-0.3, -0.25) is 10.9 Å². The maximum Gasteiger partial charge on any atom is 0.356 e. The number of thioether (sulfide) groups is 1. The second-order valence-electron chi connectivity index (χ2n) is 4.26. The van der Waals surface area contributed by atoms with E-state index in [1.165, 1.54) is 17.3 Å². The van der Waals surface area contributed by atoms with Gasteiger partial charge >= 0.3 is 5.97 Å². The second-order valence-corrected chi connectivity index (χ2v) is 5.11. The van der Waals surface area contributed by atoms with Crippen molar-refractivity contribution < 1.29 is 9.53 Å². The molecule has 0 saturated carbocycles. The predicted molar refractivity (Wildman–Crippen MR) is 81.6 cm³/mol. The van der Waals surface area contributed by atoms with E-state index in [2.05, 4.69) is 28.8 Å². The molecule has 20 heavy (non-hydrogen) atoms. The molecule has 0 radical (unpaired) electrons. The number of ether oxygens (including phenoxy) is 1. The van der Waals surface area contributed by atoms with Crippen LogP contribution in [0.15, 0.2) is 34.3 Å². The van der Waals surface area contributed by atoms with Crippen LogP contribution in [0.25, 0.3) is 0 Å². The number of hydrogen-bond donors (Lipinski definition) is 2. The van der Waals surface area contributed by atoms with Crippen LogP contribution < -0.4 is 10.9 Å². The van der Waals surface area contributed by atoms with Gasteiger partial charge in [-0.15, -0.1) is 0 Å². The topological polar surface area (TPSA) is 62.7 Å². The van der Waals surface area contributed by atoms with E-state index in [-0.39, 0.29) is 5.97 Å². The minimum absolute atomic E-state index is 0.353. The van der Waals surface area contributed by atoms with Crippen molar-refractivity contribution in [3.05, 3.63) is 40.4 Å². The van der Waals surface area contributed by atoms with Crippen LogP contribution in [0, 0.1) is 13.8 Å².